The van der Waals surface area contributed by atoms with Crippen LogP contribution in [0.25, 0.3) is 0 Å². The summed E-state index contributed by atoms with van der Waals surface area (Å²) in [4.78, 5) is 0. The zero-order valence-corrected chi connectivity index (χ0v) is 7.33. The fourth-order valence-electron chi connectivity index (χ4n) is 1.20. The van der Waals surface area contributed by atoms with Crippen molar-refractivity contribution in [3.05, 3.63) is 28.8 Å². The maximum atomic E-state index is 8.72. The lowest BCUT2D eigenvalue weighted by Gasteiger charge is -2.04. The van der Waals surface area contributed by atoms with E-state index in [9.17, 15) is 0 Å². The smallest absolute Gasteiger partial charge is 0.101 e. The molecule has 0 atom stereocenters. The first kappa shape index (κ1) is 9.09. The summed E-state index contributed by atoms with van der Waals surface area (Å²) in [6.45, 7) is 1.88. The van der Waals surface area contributed by atoms with Crippen LogP contribution in [0.1, 0.15) is 16.7 Å². The summed E-state index contributed by atoms with van der Waals surface area (Å²) in [6.07, 6.45) is 0.252. The Kier molecular flexibility index (Phi) is 2.52. The Labute approximate surface area is 77.0 Å². The molecule has 0 aromatic heterocycles. The van der Waals surface area contributed by atoms with Gasteiger partial charge in [0.25, 0.3) is 0 Å². The van der Waals surface area contributed by atoms with Gasteiger partial charge >= 0.3 is 0 Å². The minimum Gasteiger partial charge on any atom is -0.397 e. The second kappa shape index (κ2) is 3.60. The van der Waals surface area contributed by atoms with Gasteiger partial charge in [-0.05, 0) is 24.1 Å². The molecule has 0 spiro atoms. The van der Waals surface area contributed by atoms with E-state index in [0.29, 0.717) is 11.3 Å². The molecule has 1 aromatic rings. The molecule has 0 saturated heterocycles. The number of nitrogens with zero attached hydrogens (tertiary/aromatic N) is 2. The molecule has 1 aromatic carbocycles. The first-order valence-electron chi connectivity index (χ1n) is 3.85. The Morgan fingerprint density at radius 3 is 2.62 bits per heavy atom. The topological polar surface area (TPSA) is 73.6 Å². The third-order valence-corrected chi connectivity index (χ3v) is 1.80. The van der Waals surface area contributed by atoms with E-state index in [1.165, 1.54) is 0 Å². The largest absolute Gasteiger partial charge is 0.397 e. The second-order valence-corrected chi connectivity index (χ2v) is 2.83. The molecule has 3 heteroatoms. The van der Waals surface area contributed by atoms with Crippen molar-refractivity contribution in [2.24, 2.45) is 0 Å². The molecule has 2 N–H and O–H groups in total. The maximum Gasteiger partial charge on any atom is 0.101 e. The van der Waals surface area contributed by atoms with Crippen LogP contribution in [-0.2, 0) is 6.42 Å². The summed E-state index contributed by atoms with van der Waals surface area (Å²) in [7, 11) is 0. The van der Waals surface area contributed by atoms with E-state index in [4.69, 9.17) is 16.3 Å². The summed E-state index contributed by atoms with van der Waals surface area (Å²) >= 11 is 0. The molecule has 13 heavy (non-hydrogen) atoms. The van der Waals surface area contributed by atoms with Crippen LogP contribution in [0.15, 0.2) is 12.1 Å². The SMILES string of the molecule is Cc1cc(C#N)c(N)c(CC#N)c1. The Balaban J connectivity index is 3.31. The molecular weight excluding hydrogens is 162 g/mol. The molecule has 0 saturated carbocycles. The lowest BCUT2D eigenvalue weighted by atomic mass is 10.0. The Hall–Kier alpha value is -2.00. The Morgan fingerprint density at radius 1 is 1.38 bits per heavy atom. The van der Waals surface area contributed by atoms with Crippen LogP contribution < -0.4 is 5.73 Å². The number of nitriles is 2. The van der Waals surface area contributed by atoms with Crippen molar-refractivity contribution in [3.63, 3.8) is 0 Å². The summed E-state index contributed by atoms with van der Waals surface area (Å²) in [5.41, 5.74) is 8.24. The van der Waals surface area contributed by atoms with Gasteiger partial charge in [-0.15, -0.1) is 0 Å². The molecule has 0 radical (unpaired) electrons. The average Bonchev–Trinajstić information content (AvgIpc) is 2.11. The van der Waals surface area contributed by atoms with Gasteiger partial charge in [-0.2, -0.15) is 10.5 Å². The fourth-order valence-corrected chi connectivity index (χ4v) is 1.20. The second-order valence-electron chi connectivity index (χ2n) is 2.83. The van der Waals surface area contributed by atoms with Crippen LogP contribution in [0.5, 0.6) is 0 Å². The predicted molar refractivity (Wildman–Crippen MR) is 49.6 cm³/mol. The van der Waals surface area contributed by atoms with E-state index in [1.54, 1.807) is 6.07 Å². The van der Waals surface area contributed by atoms with E-state index < -0.39 is 0 Å². The molecular formula is C10H9N3. The van der Waals surface area contributed by atoms with Crippen molar-refractivity contribution in [3.8, 4) is 12.1 Å². The van der Waals surface area contributed by atoms with Gasteiger partial charge in [0.2, 0.25) is 0 Å². The summed E-state index contributed by atoms with van der Waals surface area (Å²) in [5, 5.41) is 17.2. The molecule has 0 bridgehead atoms. The number of anilines is 1. The van der Waals surface area contributed by atoms with Crippen LogP contribution in [0, 0.1) is 29.6 Å². The lowest BCUT2D eigenvalue weighted by Crippen LogP contribution is -1.98. The first-order valence-corrected chi connectivity index (χ1v) is 3.85. The van der Waals surface area contributed by atoms with Crippen LogP contribution in [0.3, 0.4) is 0 Å². The molecule has 1 rings (SSSR count). The number of aryl methyl sites for hydroxylation is 1. The summed E-state index contributed by atoms with van der Waals surface area (Å²) < 4.78 is 0. The van der Waals surface area contributed by atoms with E-state index in [0.717, 1.165) is 11.1 Å². The number of hydrogen-bond acceptors (Lipinski definition) is 3. The van der Waals surface area contributed by atoms with Crippen LogP contribution in [0.2, 0.25) is 0 Å². The average molecular weight is 171 g/mol. The maximum absolute atomic E-state index is 8.72. The number of hydrogen-bond donors (Lipinski definition) is 1. The van der Waals surface area contributed by atoms with Gasteiger partial charge in [0.05, 0.1) is 23.7 Å². The zero-order chi connectivity index (χ0) is 9.84. The van der Waals surface area contributed by atoms with E-state index in [-0.39, 0.29) is 6.42 Å². The highest BCUT2D eigenvalue weighted by atomic mass is 14.6. The summed E-state index contributed by atoms with van der Waals surface area (Å²) in [5.74, 6) is 0. The van der Waals surface area contributed by atoms with Crippen molar-refractivity contribution in [1.29, 1.82) is 10.5 Å². The van der Waals surface area contributed by atoms with Gasteiger partial charge in [-0.1, -0.05) is 6.07 Å². The first-order chi connectivity index (χ1) is 6.19. The molecule has 0 fully saturated rings. The van der Waals surface area contributed by atoms with Crippen molar-refractivity contribution >= 4 is 5.69 Å². The standard InChI is InChI=1S/C10H9N3/c1-7-4-8(2-3-11)10(13)9(5-7)6-12/h4-5H,2,13H2,1H3. The molecule has 64 valence electrons. The van der Waals surface area contributed by atoms with Gasteiger partial charge in [0, 0.05) is 0 Å². The fraction of sp³-hybridized carbons (Fsp3) is 0.200. The van der Waals surface area contributed by atoms with Crippen LogP contribution >= 0.6 is 0 Å². The minimum atomic E-state index is 0.252. The zero-order valence-electron chi connectivity index (χ0n) is 7.33. The molecule has 0 heterocycles. The Morgan fingerprint density at radius 2 is 2.08 bits per heavy atom. The van der Waals surface area contributed by atoms with E-state index >= 15 is 0 Å². The number of benzene rings is 1. The van der Waals surface area contributed by atoms with E-state index in [2.05, 4.69) is 0 Å². The molecule has 0 aliphatic heterocycles. The molecule has 0 aliphatic rings. The monoisotopic (exact) mass is 171 g/mol. The van der Waals surface area contributed by atoms with Crippen molar-refractivity contribution in [2.75, 3.05) is 5.73 Å². The quantitative estimate of drug-likeness (QED) is 0.651. The molecule has 3 nitrogen and oxygen atoms in total. The third kappa shape index (κ3) is 1.77. The highest BCUT2D eigenvalue weighted by molar-refractivity contribution is 5.61. The normalized spacial score (nSPS) is 8.85. The van der Waals surface area contributed by atoms with Crippen molar-refractivity contribution < 1.29 is 0 Å². The van der Waals surface area contributed by atoms with Gasteiger partial charge in [-0.25, -0.2) is 0 Å². The molecule has 0 aliphatic carbocycles. The van der Waals surface area contributed by atoms with Gasteiger partial charge < -0.3 is 5.73 Å². The van der Waals surface area contributed by atoms with Crippen molar-refractivity contribution in [2.45, 2.75) is 13.3 Å². The van der Waals surface area contributed by atoms with E-state index in [1.807, 2.05) is 25.1 Å². The van der Waals surface area contributed by atoms with Gasteiger partial charge in [0.1, 0.15) is 6.07 Å². The predicted octanol–water partition coefficient (Wildman–Crippen LogP) is 1.51. The number of nitrogen functional groups attached to an aromatic ring is 1. The Bertz CT molecular complexity index is 407. The number of nitrogens with two attached hydrogens (primary N) is 1. The molecule has 0 unspecified atom stereocenters. The highest BCUT2D eigenvalue weighted by Crippen LogP contribution is 2.19. The van der Waals surface area contributed by atoms with Gasteiger partial charge in [0.15, 0.2) is 0 Å². The number of rotatable bonds is 1. The lowest BCUT2D eigenvalue weighted by molar-refractivity contribution is 1.24. The van der Waals surface area contributed by atoms with Crippen molar-refractivity contribution in [1.82, 2.24) is 0 Å². The van der Waals surface area contributed by atoms with Crippen LogP contribution in [-0.4, -0.2) is 0 Å². The van der Waals surface area contributed by atoms with Crippen LogP contribution in [0.4, 0.5) is 5.69 Å². The third-order valence-electron chi connectivity index (χ3n) is 1.80. The summed E-state index contributed by atoms with van der Waals surface area (Å²) in [6, 6.07) is 7.57. The minimum absolute atomic E-state index is 0.252. The highest BCUT2D eigenvalue weighted by Gasteiger charge is 2.05. The van der Waals surface area contributed by atoms with Gasteiger partial charge in [-0.3, -0.25) is 0 Å². The molecule has 0 amide bonds.